The number of hydrogen-bond acceptors (Lipinski definition) is 5. The number of allylic oxidation sites excluding steroid dienone is 1. The van der Waals surface area contributed by atoms with E-state index < -0.39 is 0 Å². The van der Waals surface area contributed by atoms with Crippen LogP contribution < -0.4 is 0 Å². The molecule has 0 aliphatic carbocycles. The molecule has 0 fully saturated rings. The average molecular weight is 706 g/mol. The Morgan fingerprint density at radius 3 is 1.14 bits per heavy atom. The maximum atomic E-state index is 13.0. The van der Waals surface area contributed by atoms with E-state index in [9.17, 15) is 9.59 Å². The van der Waals surface area contributed by atoms with Crippen molar-refractivity contribution < 1.29 is 19.1 Å². The maximum Gasteiger partial charge on any atom is 0.308 e. The van der Waals surface area contributed by atoms with E-state index in [1.54, 1.807) is 0 Å². The van der Waals surface area contributed by atoms with Gasteiger partial charge in [0.05, 0.1) is 25.0 Å². The third-order valence-corrected chi connectivity index (χ3v) is 10.4. The van der Waals surface area contributed by atoms with Gasteiger partial charge in [-0.05, 0) is 83.8 Å². The highest BCUT2D eigenvalue weighted by atomic mass is 16.5. The van der Waals surface area contributed by atoms with Gasteiger partial charge in [-0.1, -0.05) is 162 Å². The molecule has 2 unspecified atom stereocenters. The van der Waals surface area contributed by atoms with Crippen LogP contribution in [0.25, 0.3) is 0 Å². The Balaban J connectivity index is 4.58. The zero-order valence-electron chi connectivity index (χ0n) is 34.3. The molecule has 5 heteroatoms. The molecule has 0 aromatic carbocycles. The Morgan fingerprint density at radius 2 is 0.780 bits per heavy atom. The summed E-state index contributed by atoms with van der Waals surface area (Å²) in [6.45, 7) is 17.1. The lowest BCUT2D eigenvalue weighted by atomic mass is 9.94. The summed E-state index contributed by atoms with van der Waals surface area (Å²) in [6, 6.07) is 0. The van der Waals surface area contributed by atoms with Gasteiger partial charge < -0.3 is 14.4 Å². The topological polar surface area (TPSA) is 55.8 Å². The molecule has 0 rings (SSSR count). The summed E-state index contributed by atoms with van der Waals surface area (Å²) in [6.07, 6.45) is 36.9. The van der Waals surface area contributed by atoms with Crippen LogP contribution in [0.4, 0.5) is 0 Å². The van der Waals surface area contributed by atoms with Crippen LogP contribution in [0.15, 0.2) is 12.7 Å². The van der Waals surface area contributed by atoms with Crippen molar-refractivity contribution in [1.29, 1.82) is 0 Å². The van der Waals surface area contributed by atoms with Crippen molar-refractivity contribution in [3.63, 3.8) is 0 Å². The van der Waals surface area contributed by atoms with Crippen LogP contribution >= 0.6 is 0 Å². The third kappa shape index (κ3) is 31.4. The Hall–Kier alpha value is -1.36. The summed E-state index contributed by atoms with van der Waals surface area (Å²) in [5.41, 5.74) is 0. The molecule has 2 atom stereocenters. The first-order valence-electron chi connectivity index (χ1n) is 22.2. The average Bonchev–Trinajstić information content (AvgIpc) is 3.12. The zero-order chi connectivity index (χ0) is 36.8. The van der Waals surface area contributed by atoms with Gasteiger partial charge in [0, 0.05) is 0 Å². The summed E-state index contributed by atoms with van der Waals surface area (Å²) in [5, 5.41) is 0. The summed E-state index contributed by atoms with van der Waals surface area (Å²) in [7, 11) is 0. The fourth-order valence-electron chi connectivity index (χ4n) is 6.99. The minimum absolute atomic E-state index is 0.0441. The van der Waals surface area contributed by atoms with Crippen LogP contribution in [0.3, 0.4) is 0 Å². The highest BCUT2D eigenvalue weighted by Crippen LogP contribution is 2.22. The number of esters is 2. The summed E-state index contributed by atoms with van der Waals surface area (Å²) in [5.74, 6) is 0.245. The third-order valence-electron chi connectivity index (χ3n) is 10.4. The van der Waals surface area contributed by atoms with E-state index >= 15 is 0 Å². The van der Waals surface area contributed by atoms with Crippen molar-refractivity contribution in [3.05, 3.63) is 12.7 Å². The maximum absolute atomic E-state index is 13.0. The molecule has 0 amide bonds. The molecule has 0 bridgehead atoms. The summed E-state index contributed by atoms with van der Waals surface area (Å²) in [4.78, 5) is 28.6. The first kappa shape index (κ1) is 48.6. The fourth-order valence-corrected chi connectivity index (χ4v) is 6.99. The quantitative estimate of drug-likeness (QED) is 0.0361. The van der Waals surface area contributed by atoms with Gasteiger partial charge in [-0.25, -0.2) is 0 Å². The molecule has 296 valence electrons. The van der Waals surface area contributed by atoms with Gasteiger partial charge in [-0.15, -0.1) is 6.58 Å². The van der Waals surface area contributed by atoms with Crippen molar-refractivity contribution in [3.8, 4) is 0 Å². The first-order valence-corrected chi connectivity index (χ1v) is 22.2. The van der Waals surface area contributed by atoms with E-state index in [2.05, 4.69) is 39.2 Å². The van der Waals surface area contributed by atoms with Gasteiger partial charge in [0.15, 0.2) is 0 Å². The van der Waals surface area contributed by atoms with Gasteiger partial charge in [0.2, 0.25) is 0 Å². The minimum atomic E-state index is 0.0441. The van der Waals surface area contributed by atoms with Crippen molar-refractivity contribution in [2.24, 2.45) is 11.8 Å². The molecule has 0 aromatic heterocycles. The van der Waals surface area contributed by atoms with Crippen LogP contribution in [0.2, 0.25) is 0 Å². The van der Waals surface area contributed by atoms with Gasteiger partial charge in [-0.3, -0.25) is 9.59 Å². The van der Waals surface area contributed by atoms with Crippen molar-refractivity contribution in [2.75, 3.05) is 32.8 Å². The van der Waals surface area contributed by atoms with E-state index in [0.29, 0.717) is 13.2 Å². The largest absolute Gasteiger partial charge is 0.465 e. The predicted octanol–water partition coefficient (Wildman–Crippen LogP) is 13.6. The van der Waals surface area contributed by atoms with E-state index in [1.807, 2.05) is 6.08 Å². The van der Waals surface area contributed by atoms with Gasteiger partial charge in [0.25, 0.3) is 0 Å². The number of unbranched alkanes of at least 4 members (excludes halogenated alkanes) is 19. The molecule has 0 spiro atoms. The first-order chi connectivity index (χ1) is 24.5. The molecule has 0 saturated heterocycles. The Kier molecular flexibility index (Phi) is 37.8. The number of carbonyl (C=O) groups excluding carboxylic acids is 2. The lowest BCUT2D eigenvalue weighted by molar-refractivity contribution is -0.150. The van der Waals surface area contributed by atoms with Crippen molar-refractivity contribution in [2.45, 2.75) is 220 Å². The van der Waals surface area contributed by atoms with Crippen LogP contribution in [-0.4, -0.2) is 49.7 Å². The minimum Gasteiger partial charge on any atom is -0.465 e. The summed E-state index contributed by atoms with van der Waals surface area (Å²) >= 11 is 0. The number of ether oxygens (including phenoxy) is 2. The standard InChI is InChI=1S/C45H87NO4/c1-6-11-16-20-22-26-35-42(33-24-18-13-8-3)44(47)49-40-31-29-38-46(37-28-15-10-5)39-30-32-41-50-45(48)43(34-25-19-14-9-4)36-27-23-21-17-12-7-2/h10,42-43H,5-9,11-41H2,1-4H3. The molecule has 0 aliphatic heterocycles. The molecule has 5 nitrogen and oxygen atoms in total. The smallest absolute Gasteiger partial charge is 0.308 e. The SMILES string of the molecule is C=CCCCN(CCCCOC(=O)C(CCCCCC)CCCCCCCC)CCCCOC(=O)C(CCCCCC)CCCCCCCC. The summed E-state index contributed by atoms with van der Waals surface area (Å²) < 4.78 is 11.7. The zero-order valence-corrected chi connectivity index (χ0v) is 34.3. The monoisotopic (exact) mass is 706 g/mol. The van der Waals surface area contributed by atoms with Gasteiger partial charge in [-0.2, -0.15) is 0 Å². The van der Waals surface area contributed by atoms with E-state index in [-0.39, 0.29) is 23.8 Å². The molecule has 0 radical (unpaired) electrons. The lowest BCUT2D eigenvalue weighted by Crippen LogP contribution is -2.28. The molecule has 50 heavy (non-hydrogen) atoms. The Labute approximate surface area is 312 Å². The number of nitrogens with zero attached hydrogens (tertiary/aromatic N) is 1. The van der Waals surface area contributed by atoms with Crippen LogP contribution in [0, 0.1) is 11.8 Å². The second kappa shape index (κ2) is 38.9. The van der Waals surface area contributed by atoms with Crippen LogP contribution in [-0.2, 0) is 19.1 Å². The molecule has 0 N–H and O–H groups in total. The van der Waals surface area contributed by atoms with Crippen LogP contribution in [0.5, 0.6) is 0 Å². The highest BCUT2D eigenvalue weighted by molar-refractivity contribution is 5.72. The molecule has 0 saturated carbocycles. The van der Waals surface area contributed by atoms with Crippen molar-refractivity contribution >= 4 is 11.9 Å². The van der Waals surface area contributed by atoms with Crippen LogP contribution in [0.1, 0.15) is 220 Å². The molecule has 0 heterocycles. The van der Waals surface area contributed by atoms with E-state index in [4.69, 9.17) is 9.47 Å². The second-order valence-corrected chi connectivity index (χ2v) is 15.2. The number of hydrogen-bond donors (Lipinski definition) is 0. The van der Waals surface area contributed by atoms with Gasteiger partial charge in [0.1, 0.15) is 0 Å². The molecular weight excluding hydrogens is 618 g/mol. The fraction of sp³-hybridized carbons (Fsp3) is 0.911. The van der Waals surface area contributed by atoms with E-state index in [1.165, 1.54) is 103 Å². The number of carbonyl (C=O) groups is 2. The lowest BCUT2D eigenvalue weighted by Gasteiger charge is -2.22. The predicted molar refractivity (Wildman–Crippen MR) is 217 cm³/mol. The van der Waals surface area contributed by atoms with Gasteiger partial charge >= 0.3 is 11.9 Å². The Bertz CT molecular complexity index is 687. The second-order valence-electron chi connectivity index (χ2n) is 15.2. The molecule has 0 aliphatic rings. The van der Waals surface area contributed by atoms with Crippen molar-refractivity contribution in [1.82, 2.24) is 4.90 Å². The van der Waals surface area contributed by atoms with E-state index in [0.717, 1.165) is 110 Å². The highest BCUT2D eigenvalue weighted by Gasteiger charge is 2.20. The number of rotatable bonds is 40. The Morgan fingerprint density at radius 1 is 0.460 bits per heavy atom. The molecular formula is C45H87NO4. The molecule has 0 aromatic rings. The normalized spacial score (nSPS) is 12.7.